The van der Waals surface area contributed by atoms with Crippen molar-refractivity contribution in [1.29, 1.82) is 0 Å². The van der Waals surface area contributed by atoms with Crippen LogP contribution in [0.4, 0.5) is 0 Å². The van der Waals surface area contributed by atoms with Gasteiger partial charge in [-0.3, -0.25) is 4.79 Å². The first-order valence-corrected chi connectivity index (χ1v) is 7.01. The lowest BCUT2D eigenvalue weighted by atomic mass is 9.96. The van der Waals surface area contributed by atoms with Crippen molar-refractivity contribution in [3.05, 3.63) is 0 Å². The number of thioether (sulfide) groups is 1. The van der Waals surface area contributed by atoms with Crippen molar-refractivity contribution in [2.45, 2.75) is 25.8 Å². The zero-order valence-electron chi connectivity index (χ0n) is 9.29. The molecule has 0 aliphatic carbocycles. The minimum atomic E-state index is 0.194. The number of carbonyl (C=O) groups is 1. The molecule has 2 aliphatic rings. The van der Waals surface area contributed by atoms with E-state index in [4.69, 9.17) is 0 Å². The minimum Gasteiger partial charge on any atom is -0.353 e. The lowest BCUT2D eigenvalue weighted by Gasteiger charge is -2.25. The maximum atomic E-state index is 12.0. The normalized spacial score (nSPS) is 32.9. The van der Waals surface area contributed by atoms with Crippen LogP contribution in [0, 0.1) is 11.8 Å². The second-order valence-corrected chi connectivity index (χ2v) is 5.86. The van der Waals surface area contributed by atoms with Crippen molar-refractivity contribution in [2.24, 2.45) is 11.8 Å². The van der Waals surface area contributed by atoms with Crippen molar-refractivity contribution in [1.82, 2.24) is 10.6 Å². The summed E-state index contributed by atoms with van der Waals surface area (Å²) in [4.78, 5) is 12.0. The Morgan fingerprint density at radius 3 is 2.67 bits per heavy atom. The first-order valence-electron chi connectivity index (χ1n) is 5.86. The van der Waals surface area contributed by atoms with Gasteiger partial charge in [0.05, 0.1) is 5.92 Å². The molecule has 0 saturated carbocycles. The minimum absolute atomic E-state index is 0.194. The van der Waals surface area contributed by atoms with E-state index < -0.39 is 0 Å². The third-order valence-electron chi connectivity index (χ3n) is 3.42. The Hall–Kier alpha value is -0.220. The van der Waals surface area contributed by atoms with Gasteiger partial charge in [0.2, 0.25) is 5.91 Å². The Balaban J connectivity index is 1.80. The summed E-state index contributed by atoms with van der Waals surface area (Å²) >= 11 is 1.99. The fraction of sp³-hybridized carbons (Fsp3) is 0.909. The van der Waals surface area contributed by atoms with Crippen molar-refractivity contribution < 1.29 is 4.79 Å². The fourth-order valence-electron chi connectivity index (χ4n) is 2.31. The Morgan fingerprint density at radius 2 is 2.07 bits per heavy atom. The first-order chi connectivity index (χ1) is 7.27. The predicted octanol–water partition coefficient (Wildman–Crippen LogP) is 0.854. The molecule has 2 heterocycles. The second-order valence-electron chi connectivity index (χ2n) is 4.64. The van der Waals surface area contributed by atoms with Gasteiger partial charge in [-0.25, -0.2) is 0 Å². The van der Waals surface area contributed by atoms with E-state index in [-0.39, 0.29) is 11.8 Å². The van der Waals surface area contributed by atoms with Crippen molar-refractivity contribution >= 4 is 17.7 Å². The smallest absolute Gasteiger partial charge is 0.224 e. The van der Waals surface area contributed by atoms with E-state index in [1.165, 1.54) is 11.5 Å². The van der Waals surface area contributed by atoms with Crippen LogP contribution in [0.25, 0.3) is 0 Å². The van der Waals surface area contributed by atoms with E-state index in [1.54, 1.807) is 0 Å². The number of hydrogen-bond acceptors (Lipinski definition) is 3. The molecule has 0 aromatic carbocycles. The maximum absolute atomic E-state index is 12.0. The highest BCUT2D eigenvalue weighted by molar-refractivity contribution is 7.99. The summed E-state index contributed by atoms with van der Waals surface area (Å²) in [5.74, 6) is 3.35. The summed E-state index contributed by atoms with van der Waals surface area (Å²) in [6.45, 7) is 3.99. The molecule has 2 saturated heterocycles. The summed E-state index contributed by atoms with van der Waals surface area (Å²) in [5.41, 5.74) is 0. The average molecular weight is 228 g/mol. The molecule has 2 aliphatic heterocycles. The average Bonchev–Trinajstić information content (AvgIpc) is 2.66. The SMILES string of the molecule is CC1CNCC1C(=O)NC1CCSCC1. The van der Waals surface area contributed by atoms with Gasteiger partial charge in [-0.15, -0.1) is 0 Å². The zero-order chi connectivity index (χ0) is 10.7. The van der Waals surface area contributed by atoms with E-state index in [1.807, 2.05) is 11.8 Å². The quantitative estimate of drug-likeness (QED) is 0.736. The number of amides is 1. The van der Waals surface area contributed by atoms with Gasteiger partial charge < -0.3 is 10.6 Å². The second kappa shape index (κ2) is 5.21. The van der Waals surface area contributed by atoms with Gasteiger partial charge in [-0.1, -0.05) is 6.92 Å². The molecule has 0 radical (unpaired) electrons. The van der Waals surface area contributed by atoms with Crippen molar-refractivity contribution in [3.8, 4) is 0 Å². The standard InChI is InChI=1S/C11H20N2OS/c1-8-6-12-7-10(8)11(14)13-9-2-4-15-5-3-9/h8-10,12H,2-7H2,1H3,(H,13,14). The van der Waals surface area contributed by atoms with Crippen LogP contribution in [0.1, 0.15) is 19.8 Å². The molecule has 0 aromatic heterocycles. The molecule has 15 heavy (non-hydrogen) atoms. The van der Waals surface area contributed by atoms with Gasteiger partial charge in [0, 0.05) is 12.6 Å². The van der Waals surface area contributed by atoms with Gasteiger partial charge >= 0.3 is 0 Å². The summed E-state index contributed by atoms with van der Waals surface area (Å²) in [7, 11) is 0. The fourth-order valence-corrected chi connectivity index (χ4v) is 3.42. The van der Waals surface area contributed by atoms with Crippen LogP contribution < -0.4 is 10.6 Å². The van der Waals surface area contributed by atoms with E-state index in [2.05, 4.69) is 17.6 Å². The number of nitrogens with one attached hydrogen (secondary N) is 2. The molecule has 1 amide bonds. The highest BCUT2D eigenvalue weighted by atomic mass is 32.2. The van der Waals surface area contributed by atoms with E-state index in [0.29, 0.717) is 12.0 Å². The van der Waals surface area contributed by atoms with Crippen molar-refractivity contribution in [3.63, 3.8) is 0 Å². The van der Waals surface area contributed by atoms with Crippen LogP contribution in [0.3, 0.4) is 0 Å². The molecule has 2 unspecified atom stereocenters. The van der Waals surface area contributed by atoms with Gasteiger partial charge in [-0.2, -0.15) is 11.8 Å². The highest BCUT2D eigenvalue weighted by Gasteiger charge is 2.30. The number of carbonyl (C=O) groups excluding carboxylic acids is 1. The molecule has 0 spiro atoms. The van der Waals surface area contributed by atoms with Crippen molar-refractivity contribution in [2.75, 3.05) is 24.6 Å². The Bertz CT molecular complexity index is 229. The molecule has 2 fully saturated rings. The summed E-state index contributed by atoms with van der Waals surface area (Å²) < 4.78 is 0. The van der Waals surface area contributed by atoms with Gasteiger partial charge in [0.1, 0.15) is 0 Å². The highest BCUT2D eigenvalue weighted by Crippen LogP contribution is 2.20. The van der Waals surface area contributed by atoms with Crippen LogP contribution in [0.15, 0.2) is 0 Å². The molecular weight excluding hydrogens is 208 g/mol. The predicted molar refractivity (Wildman–Crippen MR) is 64.0 cm³/mol. The van der Waals surface area contributed by atoms with E-state index >= 15 is 0 Å². The Kier molecular flexibility index (Phi) is 3.92. The van der Waals surface area contributed by atoms with Gasteiger partial charge in [0.25, 0.3) is 0 Å². The maximum Gasteiger partial charge on any atom is 0.224 e. The summed E-state index contributed by atoms with van der Waals surface area (Å²) in [5, 5.41) is 6.47. The largest absolute Gasteiger partial charge is 0.353 e. The lowest BCUT2D eigenvalue weighted by molar-refractivity contribution is -0.126. The topological polar surface area (TPSA) is 41.1 Å². The molecule has 2 atom stereocenters. The Labute approximate surface area is 95.8 Å². The van der Waals surface area contributed by atoms with E-state index in [9.17, 15) is 4.79 Å². The Morgan fingerprint density at radius 1 is 1.33 bits per heavy atom. The lowest BCUT2D eigenvalue weighted by Crippen LogP contribution is -2.42. The molecule has 3 nitrogen and oxygen atoms in total. The summed E-state index contributed by atoms with van der Waals surface area (Å²) in [6, 6.07) is 0.437. The van der Waals surface area contributed by atoms with Gasteiger partial charge in [0.15, 0.2) is 0 Å². The summed E-state index contributed by atoms with van der Waals surface area (Å²) in [6.07, 6.45) is 2.29. The third-order valence-corrected chi connectivity index (χ3v) is 4.47. The van der Waals surface area contributed by atoms with Crippen LogP contribution in [0.5, 0.6) is 0 Å². The van der Waals surface area contributed by atoms with Crippen LogP contribution in [-0.2, 0) is 4.79 Å². The molecule has 4 heteroatoms. The first kappa shape index (κ1) is 11.3. The molecule has 0 aromatic rings. The third kappa shape index (κ3) is 2.88. The zero-order valence-corrected chi connectivity index (χ0v) is 10.1. The number of hydrogen-bond donors (Lipinski definition) is 2. The molecule has 2 N–H and O–H groups in total. The van der Waals surface area contributed by atoms with Gasteiger partial charge in [-0.05, 0) is 36.8 Å². The van der Waals surface area contributed by atoms with Crippen LogP contribution >= 0.6 is 11.8 Å². The molecule has 0 bridgehead atoms. The van der Waals surface area contributed by atoms with Crippen LogP contribution in [-0.4, -0.2) is 36.5 Å². The van der Waals surface area contributed by atoms with E-state index in [0.717, 1.165) is 25.9 Å². The molecule has 2 rings (SSSR count). The molecular formula is C11H20N2OS. The van der Waals surface area contributed by atoms with Crippen LogP contribution in [0.2, 0.25) is 0 Å². The molecule has 86 valence electrons. The number of rotatable bonds is 2. The monoisotopic (exact) mass is 228 g/mol.